The summed E-state index contributed by atoms with van der Waals surface area (Å²) < 4.78 is 115. The number of phosphoric ester groups is 2. The number of aliphatic hydroxyl groups excluding tert-OH is 2. The molecule has 0 fully saturated rings. The zero-order valence-electron chi connectivity index (χ0n) is 33.3. The maximum atomic E-state index is 13.9. The van der Waals surface area contributed by atoms with Crippen LogP contribution in [0.25, 0.3) is 11.2 Å². The summed E-state index contributed by atoms with van der Waals surface area (Å²) in [6.45, 7) is -1.99. The van der Waals surface area contributed by atoms with E-state index >= 15 is 0 Å². The highest BCUT2D eigenvalue weighted by Gasteiger charge is 2.44. The molecule has 0 aliphatic heterocycles. The molecule has 1 unspecified atom stereocenters. The van der Waals surface area contributed by atoms with Crippen LogP contribution in [-0.2, 0) is 51.2 Å². The highest BCUT2D eigenvalue weighted by Crippen LogP contribution is 2.48. The minimum absolute atomic E-state index is 0.0645. The van der Waals surface area contributed by atoms with Crippen molar-refractivity contribution in [3.05, 3.63) is 48.1 Å². The Morgan fingerprint density at radius 1 is 0.984 bits per heavy atom. The fourth-order valence-corrected chi connectivity index (χ4v) is 6.55. The number of alkyl halides is 4. The van der Waals surface area contributed by atoms with E-state index in [1.165, 1.54) is 6.08 Å². The molecule has 0 saturated heterocycles. The van der Waals surface area contributed by atoms with Crippen molar-refractivity contribution in [3.8, 4) is 0 Å². The van der Waals surface area contributed by atoms with E-state index in [0.29, 0.717) is 9.47 Å². The van der Waals surface area contributed by atoms with Gasteiger partial charge in [-0.15, -0.1) is 6.58 Å². The van der Waals surface area contributed by atoms with E-state index in [0.717, 1.165) is 50.8 Å². The van der Waals surface area contributed by atoms with Crippen molar-refractivity contribution in [2.24, 2.45) is 0 Å². The van der Waals surface area contributed by atoms with E-state index in [1.54, 1.807) is 0 Å². The van der Waals surface area contributed by atoms with Crippen molar-refractivity contribution in [2.45, 2.75) is 68.1 Å². The summed E-state index contributed by atoms with van der Waals surface area (Å²) >= 11 is 0. The molecule has 0 radical (unpaired) electrons. The molecule has 0 aromatic carbocycles. The van der Waals surface area contributed by atoms with Gasteiger partial charge in [0.05, 0.1) is 26.1 Å². The third kappa shape index (κ3) is 14.7. The summed E-state index contributed by atoms with van der Waals surface area (Å²) in [4.78, 5) is 84.7. The lowest BCUT2D eigenvalue weighted by Crippen LogP contribution is -2.51. The SMILES string of the molecule is C=CCCC(=O)N(C)[C@@H](COCC(F)(F)C(F)F)C(=O)O[C@@H]([C@@H](O)n1cnc2c(N)ncnc21)[C@@H](COP(=O)(O)O[C@@H]([C@@H](O)n1ccc(N)nc1=O)[C@@H](COP(=O)(O)O)OC)OC. The number of likely N-dealkylation sites (N-methyl/N-ethyl adjacent to an activating group) is 1. The predicted molar refractivity (Wildman–Crippen MR) is 203 cm³/mol. The Labute approximate surface area is 353 Å². The lowest BCUT2D eigenvalue weighted by molar-refractivity contribution is -0.190. The Bertz CT molecular complexity index is 2170. The molecule has 0 bridgehead atoms. The molecule has 1 amide bonds. The van der Waals surface area contributed by atoms with Crippen LogP contribution in [0.1, 0.15) is 25.3 Å². The van der Waals surface area contributed by atoms with Crippen LogP contribution < -0.4 is 17.2 Å². The molecule has 3 aromatic rings. The third-order valence-electron chi connectivity index (χ3n) is 8.64. The molecule has 8 atom stereocenters. The first-order chi connectivity index (χ1) is 29.4. The van der Waals surface area contributed by atoms with Crippen LogP contribution in [0, 0.1) is 0 Å². The van der Waals surface area contributed by atoms with Crippen LogP contribution >= 0.6 is 15.6 Å². The molecule has 0 aliphatic rings. The van der Waals surface area contributed by atoms with Gasteiger partial charge in [0.15, 0.2) is 36.1 Å². The smallest absolute Gasteiger partial charge is 0.453 e. The molecule has 3 rings (SSSR count). The van der Waals surface area contributed by atoms with Gasteiger partial charge < -0.3 is 60.2 Å². The number of halogens is 4. The lowest BCUT2D eigenvalue weighted by Gasteiger charge is -2.34. The zero-order chi connectivity index (χ0) is 47.4. The van der Waals surface area contributed by atoms with Gasteiger partial charge in [0.1, 0.15) is 42.6 Å². The molecule has 0 spiro atoms. The van der Waals surface area contributed by atoms with E-state index in [4.69, 9.17) is 39.5 Å². The number of anilines is 2. The minimum atomic E-state index is -5.68. The van der Waals surface area contributed by atoms with E-state index in [1.807, 2.05) is 0 Å². The number of aliphatic hydroxyl groups is 2. The summed E-state index contributed by atoms with van der Waals surface area (Å²) in [5.41, 5.74) is 9.82. The maximum absolute atomic E-state index is 13.9. The first kappa shape index (κ1) is 52.8. The Morgan fingerprint density at radius 3 is 2.19 bits per heavy atom. The number of hydrogen-bond acceptors (Lipinski definition) is 20. The summed E-state index contributed by atoms with van der Waals surface area (Å²) in [6.07, 6.45) is -13.1. The number of allylic oxidation sites excluding steroid dienone is 1. The standard InChI is InChI=1S/C31H45F4N9O17P2/c1-5-6-7-20(45)42(2)16(10-57-13-31(34,35)29(32)33)28(48)60-22(26(46)44-15-40-21-24(37)38-14-39-25(21)44)17(55-3)12-59-63(53,54)61-23(18(56-4)11-58-62(50,51)52)27(47)43-9-8-19(36)41-30(43)49/h5,8-9,14-18,22-23,26-27,29,46-47H,1,6-7,10-13H2,2-4H3,(H,53,54)(H2,36,41,49)(H2,37,38,39)(H2,50,51,52)/t16-,17+,18+,22+,23+,26+,27+/m0/s1. The summed E-state index contributed by atoms with van der Waals surface area (Å²) in [5, 5.41) is 22.8. The number of rotatable bonds is 27. The Balaban J connectivity index is 2.05. The molecule has 354 valence electrons. The van der Waals surface area contributed by atoms with E-state index in [9.17, 15) is 66.0 Å². The lowest BCUT2D eigenvalue weighted by atomic mass is 10.1. The van der Waals surface area contributed by atoms with Crippen LogP contribution in [0.4, 0.5) is 29.2 Å². The number of esters is 1. The number of amides is 1. The zero-order valence-corrected chi connectivity index (χ0v) is 35.1. The summed E-state index contributed by atoms with van der Waals surface area (Å²) in [6, 6.07) is -0.974. The number of hydrogen-bond donors (Lipinski definition) is 7. The summed E-state index contributed by atoms with van der Waals surface area (Å²) in [5.74, 6) is -7.54. The average molecular weight is 954 g/mol. The quantitative estimate of drug-likeness (QED) is 0.0219. The largest absolute Gasteiger partial charge is 0.472 e. The van der Waals surface area contributed by atoms with Gasteiger partial charge in [-0.25, -0.2) is 42.5 Å². The van der Waals surface area contributed by atoms with Crippen LogP contribution in [0.2, 0.25) is 0 Å². The Morgan fingerprint density at radius 2 is 1.60 bits per heavy atom. The van der Waals surface area contributed by atoms with E-state index in [2.05, 4.69) is 31.0 Å². The van der Waals surface area contributed by atoms with Gasteiger partial charge in [0, 0.05) is 33.9 Å². The second-order valence-electron chi connectivity index (χ2n) is 12.9. The molecule has 26 nitrogen and oxygen atoms in total. The molecular weight excluding hydrogens is 908 g/mol. The number of nitrogen functional groups attached to an aromatic ring is 2. The summed E-state index contributed by atoms with van der Waals surface area (Å²) in [7, 11) is -8.10. The minimum Gasteiger partial charge on any atom is -0.453 e. The Kier molecular flexibility index (Phi) is 19.2. The van der Waals surface area contributed by atoms with Crippen LogP contribution in [0.3, 0.4) is 0 Å². The average Bonchev–Trinajstić information content (AvgIpc) is 3.65. The molecule has 3 aromatic heterocycles. The number of phosphoric acid groups is 2. The molecule has 0 aliphatic carbocycles. The van der Waals surface area contributed by atoms with Crippen molar-refractivity contribution in [2.75, 3.05) is 59.2 Å². The topological polar surface area (TPSA) is 368 Å². The van der Waals surface area contributed by atoms with Crippen molar-refractivity contribution in [1.82, 2.24) is 34.0 Å². The molecule has 32 heteroatoms. The fraction of sp³-hybridized carbons (Fsp3) is 0.581. The van der Waals surface area contributed by atoms with Gasteiger partial charge >= 0.3 is 39.7 Å². The molecule has 0 saturated carbocycles. The fourth-order valence-electron chi connectivity index (χ4n) is 5.26. The number of fused-ring (bicyclic) bond motifs is 1. The van der Waals surface area contributed by atoms with Crippen LogP contribution in [0.15, 0.2) is 42.4 Å². The highest BCUT2D eigenvalue weighted by molar-refractivity contribution is 7.47. The predicted octanol–water partition coefficient (Wildman–Crippen LogP) is -0.507. The number of carbonyl (C=O) groups excluding carboxylic acids is 2. The van der Waals surface area contributed by atoms with E-state index in [-0.39, 0.29) is 35.6 Å². The molecule has 3 heterocycles. The molecule has 63 heavy (non-hydrogen) atoms. The third-order valence-corrected chi connectivity index (χ3v) is 10.1. The second-order valence-corrected chi connectivity index (χ2v) is 15.6. The maximum Gasteiger partial charge on any atom is 0.472 e. The van der Waals surface area contributed by atoms with E-state index < -0.39 is 115 Å². The number of nitrogens with two attached hydrogens (primary N) is 2. The molecular formula is C31H45F4N9O17P2. The van der Waals surface area contributed by atoms with Crippen LogP contribution in [0.5, 0.6) is 0 Å². The number of ether oxygens (including phenoxy) is 4. The number of methoxy groups -OCH3 is 2. The van der Waals surface area contributed by atoms with Gasteiger partial charge in [0.2, 0.25) is 5.91 Å². The van der Waals surface area contributed by atoms with Crippen molar-refractivity contribution < 1.29 is 93.7 Å². The van der Waals surface area contributed by atoms with Gasteiger partial charge in [-0.2, -0.15) is 13.8 Å². The van der Waals surface area contributed by atoms with Crippen molar-refractivity contribution in [3.63, 3.8) is 0 Å². The number of aromatic nitrogens is 6. The van der Waals surface area contributed by atoms with Gasteiger partial charge in [-0.05, 0) is 12.5 Å². The highest BCUT2D eigenvalue weighted by atomic mass is 31.2. The van der Waals surface area contributed by atoms with Crippen molar-refractivity contribution >= 4 is 50.3 Å². The monoisotopic (exact) mass is 953 g/mol. The number of carbonyl (C=O) groups is 2. The molecule has 9 N–H and O–H groups in total. The normalized spacial score (nSPS) is 16.7. The van der Waals surface area contributed by atoms with Crippen LogP contribution in [-0.4, -0.2) is 161 Å². The number of nitrogens with zero attached hydrogens (tertiary/aromatic N) is 7. The van der Waals surface area contributed by atoms with Gasteiger partial charge in [-0.3, -0.25) is 27.5 Å². The van der Waals surface area contributed by atoms with Crippen molar-refractivity contribution in [1.29, 1.82) is 0 Å². The Hall–Kier alpha value is -4.55. The van der Waals surface area contributed by atoms with Gasteiger partial charge in [0.25, 0.3) is 0 Å². The number of imidazole rings is 1. The first-order valence-electron chi connectivity index (χ1n) is 17.7. The van der Waals surface area contributed by atoms with Gasteiger partial charge in [-0.1, -0.05) is 6.08 Å². The second kappa shape index (κ2) is 22.9. The first-order valence-corrected chi connectivity index (χ1v) is 20.8.